The monoisotopic (exact) mass is 420 g/mol. The molecule has 3 aromatic carbocycles. The molecule has 160 valence electrons. The highest BCUT2D eigenvalue weighted by molar-refractivity contribution is 5.94. The fourth-order valence-electron chi connectivity index (χ4n) is 2.71. The SMILES string of the molecule is CC(C)[NH3+].COc1ccc(Oc2ccc3nc(-c4ccccc4C(=O)[O-])oc3c2)cc1. The molecule has 3 N–H and O–H groups in total. The van der Waals surface area contributed by atoms with Crippen LogP contribution in [0.5, 0.6) is 17.2 Å². The maximum absolute atomic E-state index is 11.3. The number of benzene rings is 3. The lowest BCUT2D eigenvalue weighted by Crippen LogP contribution is -2.57. The van der Waals surface area contributed by atoms with Crippen LogP contribution in [0.1, 0.15) is 24.2 Å². The molecule has 0 unspecified atom stereocenters. The largest absolute Gasteiger partial charge is 0.545 e. The van der Waals surface area contributed by atoms with Crippen LogP contribution in [0.2, 0.25) is 0 Å². The average molecular weight is 420 g/mol. The molecule has 1 aromatic heterocycles. The number of carboxylic acid groups (broad SMARTS) is 1. The Bertz CT molecular complexity index is 1160. The van der Waals surface area contributed by atoms with Gasteiger partial charge in [0, 0.05) is 17.2 Å². The molecule has 0 fully saturated rings. The van der Waals surface area contributed by atoms with Gasteiger partial charge in [-0.05, 0) is 56.3 Å². The van der Waals surface area contributed by atoms with Gasteiger partial charge in [-0.2, -0.15) is 0 Å². The molecule has 7 nitrogen and oxygen atoms in total. The first-order valence-corrected chi connectivity index (χ1v) is 9.73. The third-order valence-corrected chi connectivity index (χ3v) is 4.03. The second kappa shape index (κ2) is 9.77. The summed E-state index contributed by atoms with van der Waals surface area (Å²) >= 11 is 0. The summed E-state index contributed by atoms with van der Waals surface area (Å²) in [5.41, 5.74) is 5.12. The maximum Gasteiger partial charge on any atom is 0.227 e. The van der Waals surface area contributed by atoms with Crippen LogP contribution in [0.15, 0.2) is 71.1 Å². The van der Waals surface area contributed by atoms with Crippen molar-refractivity contribution in [2.24, 2.45) is 0 Å². The summed E-state index contributed by atoms with van der Waals surface area (Å²) in [5, 5.41) is 11.3. The molecular formula is C24H24N2O5. The van der Waals surface area contributed by atoms with Crippen LogP contribution in [-0.2, 0) is 0 Å². The van der Waals surface area contributed by atoms with E-state index in [1.54, 1.807) is 67.8 Å². The van der Waals surface area contributed by atoms with Crippen molar-refractivity contribution in [2.75, 3.05) is 7.11 Å². The second-order valence-corrected chi connectivity index (χ2v) is 7.15. The van der Waals surface area contributed by atoms with Gasteiger partial charge in [0.05, 0.1) is 19.1 Å². The van der Waals surface area contributed by atoms with Gasteiger partial charge < -0.3 is 29.5 Å². The summed E-state index contributed by atoms with van der Waals surface area (Å²) in [6.07, 6.45) is 0. The lowest BCUT2D eigenvalue weighted by Gasteiger charge is -2.06. The fraction of sp³-hybridized carbons (Fsp3) is 0.167. The van der Waals surface area contributed by atoms with E-state index in [-0.39, 0.29) is 11.5 Å². The standard InChI is InChI=1S/C21H15NO5.C3H9N/c1-25-13-6-8-14(9-7-13)26-15-10-11-18-19(12-15)27-20(22-18)16-4-2-3-5-17(16)21(23)24;1-3(2)4/h2-12H,1H3,(H,23,24);3H,4H2,1-2H3. The highest BCUT2D eigenvalue weighted by Gasteiger charge is 2.13. The first kappa shape index (κ1) is 21.9. The van der Waals surface area contributed by atoms with Crippen molar-refractivity contribution in [3.63, 3.8) is 0 Å². The molecule has 0 aliphatic heterocycles. The zero-order chi connectivity index (χ0) is 22.4. The Hall–Kier alpha value is -3.84. The van der Waals surface area contributed by atoms with Crippen molar-refractivity contribution in [3.8, 4) is 28.7 Å². The molecule has 0 aliphatic rings. The third kappa shape index (κ3) is 5.61. The van der Waals surface area contributed by atoms with Crippen LogP contribution >= 0.6 is 0 Å². The molecule has 31 heavy (non-hydrogen) atoms. The van der Waals surface area contributed by atoms with E-state index in [1.165, 1.54) is 6.07 Å². The van der Waals surface area contributed by atoms with Crippen molar-refractivity contribution < 1.29 is 29.5 Å². The molecule has 0 saturated carbocycles. The first-order chi connectivity index (χ1) is 14.9. The van der Waals surface area contributed by atoms with Crippen LogP contribution in [-0.4, -0.2) is 24.1 Å². The number of methoxy groups -OCH3 is 1. The summed E-state index contributed by atoms with van der Waals surface area (Å²) in [5.74, 6) is 0.896. The Labute approximate surface area is 180 Å². The number of carbonyl (C=O) groups excluding carboxylic acids is 1. The van der Waals surface area contributed by atoms with Crippen molar-refractivity contribution >= 4 is 17.1 Å². The number of oxazole rings is 1. The van der Waals surface area contributed by atoms with Crippen LogP contribution < -0.4 is 20.3 Å². The minimum atomic E-state index is -1.28. The van der Waals surface area contributed by atoms with Gasteiger partial charge in [-0.25, -0.2) is 4.98 Å². The lowest BCUT2D eigenvalue weighted by atomic mass is 10.1. The fourth-order valence-corrected chi connectivity index (χ4v) is 2.71. The van der Waals surface area contributed by atoms with Gasteiger partial charge in [-0.1, -0.05) is 18.2 Å². The summed E-state index contributed by atoms with van der Waals surface area (Å²) in [7, 11) is 1.60. The third-order valence-electron chi connectivity index (χ3n) is 4.03. The molecule has 0 saturated heterocycles. The predicted molar refractivity (Wildman–Crippen MR) is 115 cm³/mol. The number of aromatic nitrogens is 1. The van der Waals surface area contributed by atoms with Gasteiger partial charge in [0.2, 0.25) is 5.89 Å². The normalized spacial score (nSPS) is 10.5. The van der Waals surface area contributed by atoms with Crippen LogP contribution in [0.25, 0.3) is 22.6 Å². The van der Waals surface area contributed by atoms with E-state index in [0.717, 1.165) is 5.75 Å². The van der Waals surface area contributed by atoms with Crippen molar-refractivity contribution in [3.05, 3.63) is 72.3 Å². The Morgan fingerprint density at radius 2 is 1.61 bits per heavy atom. The van der Waals surface area contributed by atoms with E-state index in [9.17, 15) is 9.90 Å². The number of aromatic carboxylic acids is 1. The quantitative estimate of drug-likeness (QED) is 0.530. The second-order valence-electron chi connectivity index (χ2n) is 7.15. The highest BCUT2D eigenvalue weighted by atomic mass is 16.5. The highest BCUT2D eigenvalue weighted by Crippen LogP contribution is 2.31. The predicted octanol–water partition coefficient (Wildman–Crippen LogP) is 3.30. The van der Waals surface area contributed by atoms with E-state index in [1.807, 2.05) is 0 Å². The number of hydrogen-bond acceptors (Lipinski definition) is 6. The number of nitrogens with zero attached hydrogens (tertiary/aromatic N) is 1. The van der Waals surface area contributed by atoms with Crippen molar-refractivity contribution in [2.45, 2.75) is 19.9 Å². The zero-order valence-electron chi connectivity index (χ0n) is 17.6. The summed E-state index contributed by atoms with van der Waals surface area (Å²) in [4.78, 5) is 15.7. The van der Waals surface area contributed by atoms with E-state index in [4.69, 9.17) is 13.9 Å². The summed E-state index contributed by atoms with van der Waals surface area (Å²) < 4.78 is 16.7. The Morgan fingerprint density at radius 3 is 2.26 bits per heavy atom. The number of carbonyl (C=O) groups is 1. The van der Waals surface area contributed by atoms with E-state index in [2.05, 4.69) is 24.6 Å². The molecule has 1 heterocycles. The number of carboxylic acids is 1. The number of quaternary nitrogens is 1. The van der Waals surface area contributed by atoms with E-state index in [0.29, 0.717) is 34.2 Å². The number of ether oxygens (including phenoxy) is 2. The molecule has 4 rings (SSSR count). The minimum Gasteiger partial charge on any atom is -0.545 e. The molecule has 0 atom stereocenters. The minimum absolute atomic E-state index is 0.0266. The van der Waals surface area contributed by atoms with Gasteiger partial charge in [0.1, 0.15) is 22.8 Å². The molecule has 0 radical (unpaired) electrons. The zero-order valence-corrected chi connectivity index (χ0v) is 17.6. The molecule has 4 aromatic rings. The number of rotatable bonds is 5. The number of hydrogen-bond donors (Lipinski definition) is 1. The van der Waals surface area contributed by atoms with Gasteiger partial charge >= 0.3 is 0 Å². The molecule has 0 bridgehead atoms. The molecule has 0 amide bonds. The van der Waals surface area contributed by atoms with Gasteiger partial charge in [-0.15, -0.1) is 0 Å². The Kier molecular flexibility index (Phi) is 6.89. The van der Waals surface area contributed by atoms with E-state index >= 15 is 0 Å². The molecule has 0 spiro atoms. The van der Waals surface area contributed by atoms with E-state index < -0.39 is 5.97 Å². The van der Waals surface area contributed by atoms with Gasteiger partial charge in [0.15, 0.2) is 5.58 Å². The summed E-state index contributed by atoms with van der Waals surface area (Å²) in [6.45, 7) is 4.11. The lowest BCUT2D eigenvalue weighted by molar-refractivity contribution is -0.407. The maximum atomic E-state index is 11.3. The molecular weight excluding hydrogens is 396 g/mol. The summed E-state index contributed by atoms with van der Waals surface area (Å²) in [6, 6.07) is 19.4. The smallest absolute Gasteiger partial charge is 0.227 e. The topological polar surface area (TPSA) is 112 Å². The average Bonchev–Trinajstić information content (AvgIpc) is 3.17. The molecule has 0 aliphatic carbocycles. The van der Waals surface area contributed by atoms with Crippen LogP contribution in [0.3, 0.4) is 0 Å². The Balaban J connectivity index is 0.000000628. The van der Waals surface area contributed by atoms with Crippen molar-refractivity contribution in [1.82, 2.24) is 4.98 Å². The van der Waals surface area contributed by atoms with Crippen LogP contribution in [0, 0.1) is 0 Å². The van der Waals surface area contributed by atoms with Gasteiger partial charge in [-0.3, -0.25) is 0 Å². The molecule has 7 heteroatoms. The Morgan fingerprint density at radius 1 is 1.00 bits per heavy atom. The van der Waals surface area contributed by atoms with Gasteiger partial charge in [0.25, 0.3) is 0 Å². The van der Waals surface area contributed by atoms with Crippen molar-refractivity contribution in [1.29, 1.82) is 0 Å². The first-order valence-electron chi connectivity index (χ1n) is 9.73. The number of fused-ring (bicyclic) bond motifs is 1. The van der Waals surface area contributed by atoms with Crippen LogP contribution in [0.4, 0.5) is 0 Å².